The van der Waals surface area contributed by atoms with E-state index in [-0.39, 0.29) is 29.1 Å². The van der Waals surface area contributed by atoms with E-state index in [1.807, 2.05) is 0 Å². The fourth-order valence-electron chi connectivity index (χ4n) is 4.28. The van der Waals surface area contributed by atoms with Crippen molar-refractivity contribution in [3.8, 4) is 11.1 Å². The third kappa shape index (κ3) is 4.26. The number of hydrogen-bond donors (Lipinski definition) is 1. The Hall–Kier alpha value is -2.43. The number of benzene rings is 2. The van der Waals surface area contributed by atoms with E-state index in [4.69, 9.17) is 0 Å². The minimum atomic E-state index is -3.61. The number of halogens is 3. The van der Waals surface area contributed by atoms with Crippen molar-refractivity contribution in [1.82, 2.24) is 13.9 Å². The topological polar surface area (TPSA) is 69.7 Å². The number of nitrogens with zero attached hydrogens (tertiary/aromatic N) is 2. The second kappa shape index (κ2) is 8.49. The molecule has 172 valence electrons. The molecule has 1 saturated carbocycles. The van der Waals surface area contributed by atoms with Crippen molar-refractivity contribution in [3.63, 3.8) is 0 Å². The Morgan fingerprint density at radius 1 is 1.06 bits per heavy atom. The van der Waals surface area contributed by atoms with Crippen molar-refractivity contribution in [2.24, 2.45) is 5.92 Å². The van der Waals surface area contributed by atoms with E-state index in [9.17, 15) is 26.4 Å². The zero-order chi connectivity index (χ0) is 23.2. The Bertz CT molecular complexity index is 1140. The summed E-state index contributed by atoms with van der Waals surface area (Å²) in [7, 11) is -0.782. The van der Waals surface area contributed by atoms with Gasteiger partial charge >= 0.3 is 0 Å². The lowest BCUT2D eigenvalue weighted by atomic mass is 9.94. The normalized spacial score (nSPS) is 23.1. The molecule has 2 aromatic rings. The predicted molar refractivity (Wildman–Crippen MR) is 113 cm³/mol. The standard InChI is InChI=1S/C22H24F3N3O3S/c1-27(2)32(30,31)26-13-9-10-28(12-13)22(29)16-11-15(16)20-14(5-3-6-17(20)23)21-18(24)7-4-8-19(21)25/h3-8,13,15-16,26H,9-12H2,1-2H3/t13-,15+,16+/m0/s1. The van der Waals surface area contributed by atoms with Gasteiger partial charge in [-0.1, -0.05) is 18.2 Å². The molecule has 1 N–H and O–H groups in total. The van der Waals surface area contributed by atoms with Gasteiger partial charge in [-0.15, -0.1) is 0 Å². The molecule has 3 atom stereocenters. The summed E-state index contributed by atoms with van der Waals surface area (Å²) in [5.41, 5.74) is -0.0581. The first-order valence-electron chi connectivity index (χ1n) is 10.3. The van der Waals surface area contributed by atoms with Crippen molar-refractivity contribution in [3.05, 3.63) is 59.4 Å². The largest absolute Gasteiger partial charge is 0.341 e. The minimum absolute atomic E-state index is 0.110. The number of likely N-dealkylation sites (tertiary alicyclic amines) is 1. The van der Waals surface area contributed by atoms with Crippen molar-refractivity contribution in [1.29, 1.82) is 0 Å². The van der Waals surface area contributed by atoms with Crippen LogP contribution in [0.5, 0.6) is 0 Å². The first kappa shape index (κ1) is 22.8. The summed E-state index contributed by atoms with van der Waals surface area (Å²) in [6, 6.07) is 7.14. The maximum absolute atomic E-state index is 14.8. The molecule has 10 heteroatoms. The van der Waals surface area contributed by atoms with Crippen LogP contribution < -0.4 is 4.72 Å². The van der Waals surface area contributed by atoms with Gasteiger partial charge in [-0.05, 0) is 48.1 Å². The van der Waals surface area contributed by atoms with Crippen molar-refractivity contribution in [2.45, 2.75) is 24.8 Å². The molecule has 0 radical (unpaired) electrons. The zero-order valence-electron chi connectivity index (χ0n) is 17.7. The Labute approximate surface area is 185 Å². The van der Waals surface area contributed by atoms with Crippen LogP contribution in [0.25, 0.3) is 11.1 Å². The monoisotopic (exact) mass is 467 g/mol. The van der Waals surface area contributed by atoms with E-state index >= 15 is 0 Å². The van der Waals surface area contributed by atoms with Crippen LogP contribution in [0.15, 0.2) is 36.4 Å². The van der Waals surface area contributed by atoms with Gasteiger partial charge in [0.1, 0.15) is 17.5 Å². The van der Waals surface area contributed by atoms with Gasteiger partial charge in [-0.25, -0.2) is 13.2 Å². The van der Waals surface area contributed by atoms with Gasteiger partial charge in [0.05, 0.1) is 5.56 Å². The summed E-state index contributed by atoms with van der Waals surface area (Å²) >= 11 is 0. The van der Waals surface area contributed by atoms with Crippen LogP contribution in [0.4, 0.5) is 13.2 Å². The van der Waals surface area contributed by atoms with Crippen LogP contribution in [0.1, 0.15) is 24.3 Å². The van der Waals surface area contributed by atoms with Crippen LogP contribution in [-0.2, 0) is 15.0 Å². The number of amides is 1. The third-order valence-electron chi connectivity index (χ3n) is 6.06. The molecule has 0 unspecified atom stereocenters. The van der Waals surface area contributed by atoms with E-state index < -0.39 is 45.5 Å². The first-order valence-corrected chi connectivity index (χ1v) is 11.8. The molecule has 2 fully saturated rings. The van der Waals surface area contributed by atoms with Crippen molar-refractivity contribution < 1.29 is 26.4 Å². The summed E-state index contributed by atoms with van der Waals surface area (Å²) in [5, 5.41) is 0. The highest BCUT2D eigenvalue weighted by Crippen LogP contribution is 2.52. The molecule has 1 amide bonds. The van der Waals surface area contributed by atoms with Gasteiger partial charge in [0.25, 0.3) is 10.2 Å². The SMILES string of the molecule is CN(C)S(=O)(=O)N[C@H]1CCN(C(=O)[C@@H]2C[C@H]2c2c(F)cccc2-c2c(F)cccc2F)C1. The number of rotatable bonds is 6. The molecule has 0 aromatic heterocycles. The quantitative estimate of drug-likeness (QED) is 0.711. The van der Waals surface area contributed by atoms with Gasteiger partial charge in [-0.2, -0.15) is 17.4 Å². The van der Waals surface area contributed by atoms with Crippen molar-refractivity contribution in [2.75, 3.05) is 27.2 Å². The molecule has 0 spiro atoms. The molecule has 1 aliphatic heterocycles. The van der Waals surface area contributed by atoms with Gasteiger partial charge in [0.2, 0.25) is 5.91 Å². The van der Waals surface area contributed by atoms with Gasteiger partial charge in [0, 0.05) is 39.1 Å². The molecule has 2 aliphatic rings. The smallest absolute Gasteiger partial charge is 0.279 e. The minimum Gasteiger partial charge on any atom is -0.341 e. The predicted octanol–water partition coefficient (Wildman–Crippen LogP) is 2.87. The van der Waals surface area contributed by atoms with E-state index in [1.54, 1.807) is 4.90 Å². The Morgan fingerprint density at radius 2 is 1.69 bits per heavy atom. The maximum Gasteiger partial charge on any atom is 0.279 e. The highest BCUT2D eigenvalue weighted by molar-refractivity contribution is 7.87. The van der Waals surface area contributed by atoms with Crippen LogP contribution in [0, 0.1) is 23.4 Å². The lowest BCUT2D eigenvalue weighted by Gasteiger charge is -2.19. The van der Waals surface area contributed by atoms with Gasteiger partial charge < -0.3 is 4.90 Å². The van der Waals surface area contributed by atoms with Crippen LogP contribution >= 0.6 is 0 Å². The number of hydrogen-bond acceptors (Lipinski definition) is 3. The van der Waals surface area contributed by atoms with Crippen molar-refractivity contribution >= 4 is 16.1 Å². The average molecular weight is 468 g/mol. The van der Waals surface area contributed by atoms with Crippen LogP contribution in [-0.4, -0.2) is 56.8 Å². The van der Waals surface area contributed by atoms with E-state index in [0.29, 0.717) is 19.4 Å². The summed E-state index contributed by atoms with van der Waals surface area (Å²) < 4.78 is 71.2. The summed E-state index contributed by atoms with van der Waals surface area (Å²) in [6.45, 7) is 0.607. The maximum atomic E-state index is 14.8. The summed E-state index contributed by atoms with van der Waals surface area (Å²) in [6.07, 6.45) is 0.842. The molecule has 6 nitrogen and oxygen atoms in total. The van der Waals surface area contributed by atoms with Crippen LogP contribution in [0.2, 0.25) is 0 Å². The number of carbonyl (C=O) groups excluding carboxylic acids is 1. The third-order valence-corrected chi connectivity index (χ3v) is 7.65. The summed E-state index contributed by atoms with van der Waals surface area (Å²) in [4.78, 5) is 14.6. The lowest BCUT2D eigenvalue weighted by molar-refractivity contribution is -0.131. The Balaban J connectivity index is 1.52. The molecule has 32 heavy (non-hydrogen) atoms. The lowest BCUT2D eigenvalue weighted by Crippen LogP contribution is -2.44. The second-order valence-corrected chi connectivity index (χ2v) is 10.3. The number of nitrogens with one attached hydrogen (secondary N) is 1. The fourth-order valence-corrected chi connectivity index (χ4v) is 5.11. The molecule has 4 rings (SSSR count). The second-order valence-electron chi connectivity index (χ2n) is 8.42. The zero-order valence-corrected chi connectivity index (χ0v) is 18.5. The number of carbonyl (C=O) groups is 1. The van der Waals surface area contributed by atoms with E-state index in [0.717, 1.165) is 16.4 Å². The molecule has 2 aromatic carbocycles. The van der Waals surface area contributed by atoms with Gasteiger partial charge in [0.15, 0.2) is 0 Å². The molecular weight excluding hydrogens is 443 g/mol. The highest BCUT2D eigenvalue weighted by atomic mass is 32.2. The molecule has 0 bridgehead atoms. The molecular formula is C22H24F3N3O3S. The Kier molecular flexibility index (Phi) is 6.04. The Morgan fingerprint density at radius 3 is 2.34 bits per heavy atom. The first-order chi connectivity index (χ1) is 15.1. The highest BCUT2D eigenvalue weighted by Gasteiger charge is 2.49. The summed E-state index contributed by atoms with van der Waals surface area (Å²) in [5.74, 6) is -3.40. The van der Waals surface area contributed by atoms with E-state index in [2.05, 4.69) is 4.72 Å². The average Bonchev–Trinajstić information content (AvgIpc) is 3.37. The van der Waals surface area contributed by atoms with Gasteiger partial charge in [-0.3, -0.25) is 4.79 Å². The van der Waals surface area contributed by atoms with E-state index in [1.165, 1.54) is 38.4 Å². The van der Waals surface area contributed by atoms with Crippen LogP contribution in [0.3, 0.4) is 0 Å². The molecule has 1 heterocycles. The molecule has 1 aliphatic carbocycles. The molecule has 1 saturated heterocycles. The fraction of sp³-hybridized carbons (Fsp3) is 0.409.